The minimum atomic E-state index is -4.36. The van der Waals surface area contributed by atoms with Crippen LogP contribution in [0.3, 0.4) is 0 Å². The van der Waals surface area contributed by atoms with Crippen molar-refractivity contribution in [3.63, 3.8) is 0 Å². The molecule has 0 amide bonds. The number of pyridine rings is 1. The van der Waals surface area contributed by atoms with E-state index in [2.05, 4.69) is 20.9 Å². The highest BCUT2D eigenvalue weighted by Gasteiger charge is 2.30. The van der Waals surface area contributed by atoms with Crippen molar-refractivity contribution < 1.29 is 13.2 Å². The van der Waals surface area contributed by atoms with E-state index < -0.39 is 11.7 Å². The third kappa shape index (κ3) is 2.48. The summed E-state index contributed by atoms with van der Waals surface area (Å²) in [6, 6.07) is 6.67. The maximum absolute atomic E-state index is 12.6. The molecule has 0 atom stereocenters. The largest absolute Gasteiger partial charge is 0.416 e. The van der Waals surface area contributed by atoms with Crippen LogP contribution in [0.1, 0.15) is 5.56 Å². The van der Waals surface area contributed by atoms with Gasteiger partial charge in [-0.2, -0.15) is 13.2 Å². The van der Waals surface area contributed by atoms with Gasteiger partial charge in [-0.05, 0) is 39.7 Å². The predicted molar refractivity (Wildman–Crippen MR) is 66.8 cm³/mol. The van der Waals surface area contributed by atoms with Gasteiger partial charge in [-0.3, -0.25) is 0 Å². The fraction of sp³-hybridized carbons (Fsp3) is 0.0833. The molecule has 0 radical (unpaired) electrons. The topological polar surface area (TPSA) is 38.9 Å². The average molecular weight is 317 g/mol. The van der Waals surface area contributed by atoms with Crippen LogP contribution in [0, 0.1) is 0 Å². The first kappa shape index (κ1) is 12.9. The fourth-order valence-electron chi connectivity index (χ4n) is 1.55. The summed E-state index contributed by atoms with van der Waals surface area (Å²) < 4.78 is 38.3. The molecule has 2 nitrogen and oxygen atoms in total. The molecular weight excluding hydrogens is 309 g/mol. The first-order chi connectivity index (χ1) is 8.39. The van der Waals surface area contributed by atoms with Gasteiger partial charge in [0.1, 0.15) is 5.82 Å². The molecule has 1 heterocycles. The minimum Gasteiger partial charge on any atom is -0.383 e. The van der Waals surface area contributed by atoms with E-state index in [4.69, 9.17) is 5.73 Å². The van der Waals surface area contributed by atoms with E-state index in [1.54, 1.807) is 12.1 Å². The van der Waals surface area contributed by atoms with Gasteiger partial charge < -0.3 is 5.73 Å². The molecule has 1 aromatic carbocycles. The number of aromatic nitrogens is 1. The van der Waals surface area contributed by atoms with Crippen molar-refractivity contribution in [3.05, 3.63) is 46.6 Å². The van der Waals surface area contributed by atoms with Crippen molar-refractivity contribution in [2.45, 2.75) is 6.18 Å². The summed E-state index contributed by atoms with van der Waals surface area (Å²) in [5.74, 6) is 0.241. The second kappa shape index (κ2) is 4.61. The van der Waals surface area contributed by atoms with Crippen LogP contribution >= 0.6 is 15.9 Å². The molecule has 6 heteroatoms. The molecule has 1 aromatic heterocycles. The van der Waals surface area contributed by atoms with Crippen molar-refractivity contribution in [3.8, 4) is 11.1 Å². The Hall–Kier alpha value is -1.56. The zero-order chi connectivity index (χ0) is 13.3. The van der Waals surface area contributed by atoms with Crippen LogP contribution in [0.15, 0.2) is 41.0 Å². The van der Waals surface area contributed by atoms with Gasteiger partial charge in [-0.15, -0.1) is 0 Å². The van der Waals surface area contributed by atoms with Gasteiger partial charge in [0.05, 0.1) is 10.0 Å². The molecular formula is C12H8BrF3N2. The molecule has 94 valence electrons. The Morgan fingerprint density at radius 3 is 2.56 bits per heavy atom. The summed E-state index contributed by atoms with van der Waals surface area (Å²) >= 11 is 3.22. The maximum Gasteiger partial charge on any atom is 0.416 e. The molecule has 2 aromatic rings. The van der Waals surface area contributed by atoms with Gasteiger partial charge in [0.25, 0.3) is 0 Å². The number of nitrogens with zero attached hydrogens (tertiary/aromatic N) is 1. The summed E-state index contributed by atoms with van der Waals surface area (Å²) in [5.41, 5.74) is 5.92. The standard InChI is InChI=1S/C12H8BrF3N2/c13-10-9(4-5-18-11(10)17)7-2-1-3-8(6-7)12(14,15)16/h1-6H,(H2,17,18). The second-order valence-electron chi connectivity index (χ2n) is 3.64. The smallest absolute Gasteiger partial charge is 0.383 e. The highest BCUT2D eigenvalue weighted by molar-refractivity contribution is 9.10. The van der Waals surface area contributed by atoms with Gasteiger partial charge in [-0.1, -0.05) is 12.1 Å². The summed E-state index contributed by atoms with van der Waals surface area (Å²) in [7, 11) is 0. The summed E-state index contributed by atoms with van der Waals surface area (Å²) in [4.78, 5) is 3.84. The lowest BCUT2D eigenvalue weighted by molar-refractivity contribution is -0.137. The molecule has 0 saturated carbocycles. The van der Waals surface area contributed by atoms with Crippen molar-refractivity contribution >= 4 is 21.7 Å². The van der Waals surface area contributed by atoms with Crippen molar-refractivity contribution in [1.29, 1.82) is 0 Å². The quantitative estimate of drug-likeness (QED) is 0.859. The number of nitrogens with two attached hydrogens (primary N) is 1. The van der Waals surface area contributed by atoms with E-state index in [1.165, 1.54) is 12.3 Å². The monoisotopic (exact) mass is 316 g/mol. The summed E-state index contributed by atoms with van der Waals surface area (Å²) in [6.07, 6.45) is -2.91. The van der Waals surface area contributed by atoms with Crippen LogP contribution in [-0.4, -0.2) is 4.98 Å². The van der Waals surface area contributed by atoms with E-state index in [9.17, 15) is 13.2 Å². The SMILES string of the molecule is Nc1nccc(-c2cccc(C(F)(F)F)c2)c1Br. The Bertz CT molecular complexity index is 582. The highest BCUT2D eigenvalue weighted by atomic mass is 79.9. The van der Waals surface area contributed by atoms with Gasteiger partial charge >= 0.3 is 6.18 Å². The third-order valence-corrected chi connectivity index (χ3v) is 3.25. The molecule has 2 rings (SSSR count). The van der Waals surface area contributed by atoms with Crippen molar-refractivity contribution in [2.75, 3.05) is 5.73 Å². The van der Waals surface area contributed by atoms with Crippen molar-refractivity contribution in [2.24, 2.45) is 0 Å². The van der Waals surface area contributed by atoms with Gasteiger partial charge in [0, 0.05) is 11.8 Å². The van der Waals surface area contributed by atoms with E-state index >= 15 is 0 Å². The number of nitrogen functional groups attached to an aromatic ring is 1. The van der Waals surface area contributed by atoms with Crippen LogP contribution in [0.2, 0.25) is 0 Å². The van der Waals surface area contributed by atoms with Crippen LogP contribution in [-0.2, 0) is 6.18 Å². The fourth-order valence-corrected chi connectivity index (χ4v) is 2.01. The van der Waals surface area contributed by atoms with E-state index in [1.807, 2.05) is 0 Å². The molecule has 0 aliphatic carbocycles. The molecule has 0 aliphatic heterocycles. The van der Waals surface area contributed by atoms with Gasteiger partial charge in [0.2, 0.25) is 0 Å². The first-order valence-corrected chi connectivity index (χ1v) is 5.76. The van der Waals surface area contributed by atoms with Gasteiger partial charge in [0.15, 0.2) is 0 Å². The number of halogens is 4. The Morgan fingerprint density at radius 1 is 1.17 bits per heavy atom. The number of benzene rings is 1. The normalized spacial score (nSPS) is 11.6. The Labute approximate surface area is 110 Å². The first-order valence-electron chi connectivity index (χ1n) is 4.97. The average Bonchev–Trinajstić information content (AvgIpc) is 2.32. The molecule has 0 spiro atoms. The maximum atomic E-state index is 12.6. The van der Waals surface area contributed by atoms with E-state index in [-0.39, 0.29) is 5.82 Å². The number of anilines is 1. The number of hydrogen-bond acceptors (Lipinski definition) is 2. The zero-order valence-electron chi connectivity index (χ0n) is 9.00. The molecule has 18 heavy (non-hydrogen) atoms. The Kier molecular flexibility index (Phi) is 3.30. The molecule has 0 aliphatic rings. The molecule has 0 fully saturated rings. The summed E-state index contributed by atoms with van der Waals surface area (Å²) in [5, 5.41) is 0. The summed E-state index contributed by atoms with van der Waals surface area (Å²) in [6.45, 7) is 0. The predicted octanol–water partition coefficient (Wildman–Crippen LogP) is 4.11. The van der Waals surface area contributed by atoms with Crippen LogP contribution < -0.4 is 5.73 Å². The second-order valence-corrected chi connectivity index (χ2v) is 4.43. The zero-order valence-corrected chi connectivity index (χ0v) is 10.6. The number of alkyl halides is 3. The van der Waals surface area contributed by atoms with Crippen LogP contribution in [0.5, 0.6) is 0 Å². The van der Waals surface area contributed by atoms with E-state index in [0.29, 0.717) is 15.6 Å². The van der Waals surface area contributed by atoms with Gasteiger partial charge in [-0.25, -0.2) is 4.98 Å². The Morgan fingerprint density at radius 2 is 1.89 bits per heavy atom. The molecule has 0 unspecified atom stereocenters. The molecule has 2 N–H and O–H groups in total. The molecule has 0 bridgehead atoms. The number of rotatable bonds is 1. The lowest BCUT2D eigenvalue weighted by Gasteiger charge is -2.10. The lowest BCUT2D eigenvalue weighted by atomic mass is 10.0. The minimum absolute atomic E-state index is 0.241. The highest BCUT2D eigenvalue weighted by Crippen LogP contribution is 2.35. The third-order valence-electron chi connectivity index (χ3n) is 2.42. The lowest BCUT2D eigenvalue weighted by Crippen LogP contribution is -2.04. The molecule has 0 saturated heterocycles. The van der Waals surface area contributed by atoms with E-state index in [0.717, 1.165) is 12.1 Å². The number of hydrogen-bond donors (Lipinski definition) is 1. The van der Waals surface area contributed by atoms with Crippen LogP contribution in [0.4, 0.5) is 19.0 Å². The van der Waals surface area contributed by atoms with Crippen LogP contribution in [0.25, 0.3) is 11.1 Å². The Balaban J connectivity index is 2.55. The van der Waals surface area contributed by atoms with Crippen molar-refractivity contribution in [1.82, 2.24) is 4.98 Å².